The minimum atomic E-state index is -0.0860. The summed E-state index contributed by atoms with van der Waals surface area (Å²) in [5.74, 6) is 0.432. The molecule has 0 fully saturated rings. The summed E-state index contributed by atoms with van der Waals surface area (Å²) in [6, 6.07) is 3.09. The lowest BCUT2D eigenvalue weighted by atomic mass is 10.0. The number of Topliss-reactive ketones (excluding diaryl/α,β-unsaturated/α-hetero) is 1. The van der Waals surface area contributed by atoms with Gasteiger partial charge in [-0.3, -0.25) is 4.79 Å². The summed E-state index contributed by atoms with van der Waals surface area (Å²) in [4.78, 5) is 11.3. The minimum Gasteiger partial charge on any atom is -0.508 e. The van der Waals surface area contributed by atoms with E-state index in [4.69, 9.17) is 4.74 Å². The molecule has 15 heavy (non-hydrogen) atoms. The summed E-state index contributed by atoms with van der Waals surface area (Å²) in [6.07, 6.45) is 2.20. The topological polar surface area (TPSA) is 46.5 Å². The van der Waals surface area contributed by atoms with Gasteiger partial charge in [0.2, 0.25) is 0 Å². The van der Waals surface area contributed by atoms with Crippen LogP contribution in [-0.4, -0.2) is 18.0 Å². The fraction of sp³-hybridized carbons (Fsp3) is 0.250. The first-order chi connectivity index (χ1) is 7.10. The highest BCUT2D eigenvalue weighted by molar-refractivity contribution is 5.97. The van der Waals surface area contributed by atoms with Gasteiger partial charge in [0.1, 0.15) is 11.5 Å². The Balaban J connectivity index is 3.29. The Morgan fingerprint density at radius 2 is 2.27 bits per heavy atom. The smallest absolute Gasteiger partial charge is 0.163 e. The van der Waals surface area contributed by atoms with Crippen LogP contribution in [0.4, 0.5) is 0 Å². The number of rotatable bonds is 4. The molecule has 0 spiro atoms. The molecule has 1 rings (SSSR count). The van der Waals surface area contributed by atoms with Crippen LogP contribution < -0.4 is 4.74 Å². The Hall–Kier alpha value is -1.77. The molecule has 0 aliphatic heterocycles. The third-order valence-electron chi connectivity index (χ3n) is 2.14. The van der Waals surface area contributed by atoms with Crippen LogP contribution >= 0.6 is 0 Å². The first-order valence-corrected chi connectivity index (χ1v) is 4.61. The van der Waals surface area contributed by atoms with Gasteiger partial charge in [0, 0.05) is 6.07 Å². The fourth-order valence-electron chi connectivity index (χ4n) is 1.38. The molecule has 3 heteroatoms. The second-order valence-corrected chi connectivity index (χ2v) is 3.23. The molecule has 0 heterocycles. The van der Waals surface area contributed by atoms with Gasteiger partial charge >= 0.3 is 0 Å². The number of carbonyl (C=O) groups is 1. The van der Waals surface area contributed by atoms with Crippen LogP contribution in [0.2, 0.25) is 0 Å². The van der Waals surface area contributed by atoms with Crippen molar-refractivity contribution in [3.05, 3.63) is 35.9 Å². The molecule has 0 saturated carbocycles. The maximum atomic E-state index is 11.3. The van der Waals surface area contributed by atoms with Gasteiger partial charge in [-0.25, -0.2) is 0 Å². The number of hydrogen-bond acceptors (Lipinski definition) is 3. The summed E-state index contributed by atoms with van der Waals surface area (Å²) in [5, 5.41) is 9.62. The molecule has 0 radical (unpaired) electrons. The van der Waals surface area contributed by atoms with Gasteiger partial charge in [0.05, 0.1) is 12.7 Å². The monoisotopic (exact) mass is 206 g/mol. The van der Waals surface area contributed by atoms with Crippen LogP contribution in [-0.2, 0) is 6.42 Å². The molecule has 0 atom stereocenters. The SMILES string of the molecule is C=CCc1cc(C(C)=O)c(OC)cc1O. The van der Waals surface area contributed by atoms with E-state index in [9.17, 15) is 9.90 Å². The van der Waals surface area contributed by atoms with E-state index in [0.717, 1.165) is 0 Å². The molecule has 1 aromatic rings. The number of hydrogen-bond donors (Lipinski definition) is 1. The zero-order valence-electron chi connectivity index (χ0n) is 8.91. The number of phenols is 1. The van der Waals surface area contributed by atoms with E-state index < -0.39 is 0 Å². The van der Waals surface area contributed by atoms with Crippen molar-refractivity contribution < 1.29 is 14.6 Å². The van der Waals surface area contributed by atoms with Crippen molar-refractivity contribution in [2.45, 2.75) is 13.3 Å². The number of methoxy groups -OCH3 is 1. The van der Waals surface area contributed by atoms with Gasteiger partial charge in [0.25, 0.3) is 0 Å². The standard InChI is InChI=1S/C12H14O3/c1-4-5-9-6-10(8(2)13)12(15-3)7-11(9)14/h4,6-7,14H,1,5H2,2-3H3. The van der Waals surface area contributed by atoms with E-state index in [0.29, 0.717) is 23.3 Å². The predicted molar refractivity (Wildman–Crippen MR) is 58.6 cm³/mol. The van der Waals surface area contributed by atoms with Gasteiger partial charge in [-0.2, -0.15) is 0 Å². The largest absolute Gasteiger partial charge is 0.508 e. The molecule has 1 aromatic carbocycles. The van der Waals surface area contributed by atoms with Gasteiger partial charge < -0.3 is 9.84 Å². The molecule has 80 valence electrons. The third-order valence-corrected chi connectivity index (χ3v) is 2.14. The quantitative estimate of drug-likeness (QED) is 0.607. The second kappa shape index (κ2) is 4.64. The summed E-state index contributed by atoms with van der Waals surface area (Å²) >= 11 is 0. The van der Waals surface area contributed by atoms with Gasteiger partial charge in [-0.05, 0) is 25.0 Å². The lowest BCUT2D eigenvalue weighted by molar-refractivity contribution is 0.101. The Morgan fingerprint density at radius 3 is 2.73 bits per heavy atom. The highest BCUT2D eigenvalue weighted by Crippen LogP contribution is 2.29. The lowest BCUT2D eigenvalue weighted by Crippen LogP contribution is -1.99. The second-order valence-electron chi connectivity index (χ2n) is 3.23. The van der Waals surface area contributed by atoms with Crippen molar-refractivity contribution in [2.24, 2.45) is 0 Å². The van der Waals surface area contributed by atoms with Crippen LogP contribution in [0.25, 0.3) is 0 Å². The Bertz CT molecular complexity index is 394. The highest BCUT2D eigenvalue weighted by Gasteiger charge is 2.12. The predicted octanol–water partition coefficient (Wildman–Crippen LogP) is 2.33. The van der Waals surface area contributed by atoms with Crippen LogP contribution in [0.3, 0.4) is 0 Å². The number of aromatic hydroxyl groups is 1. The van der Waals surface area contributed by atoms with Crippen molar-refractivity contribution in [3.8, 4) is 11.5 Å². The zero-order chi connectivity index (χ0) is 11.4. The average molecular weight is 206 g/mol. The number of phenolic OH excluding ortho intramolecular Hbond substituents is 1. The van der Waals surface area contributed by atoms with Crippen molar-refractivity contribution in [2.75, 3.05) is 7.11 Å². The minimum absolute atomic E-state index is 0.0860. The number of ether oxygens (including phenoxy) is 1. The molecule has 0 unspecified atom stereocenters. The number of ketones is 1. The molecule has 3 nitrogen and oxygen atoms in total. The van der Waals surface area contributed by atoms with Gasteiger partial charge in [0.15, 0.2) is 5.78 Å². The summed E-state index contributed by atoms with van der Waals surface area (Å²) in [5.41, 5.74) is 1.16. The summed E-state index contributed by atoms with van der Waals surface area (Å²) < 4.78 is 5.01. The number of benzene rings is 1. The van der Waals surface area contributed by atoms with Crippen molar-refractivity contribution in [1.82, 2.24) is 0 Å². The normalized spacial score (nSPS) is 9.73. The zero-order valence-corrected chi connectivity index (χ0v) is 8.91. The summed E-state index contributed by atoms with van der Waals surface area (Å²) in [6.45, 7) is 5.05. The van der Waals surface area contributed by atoms with Crippen LogP contribution in [0, 0.1) is 0 Å². The van der Waals surface area contributed by atoms with E-state index in [-0.39, 0.29) is 11.5 Å². The van der Waals surface area contributed by atoms with Crippen molar-refractivity contribution in [1.29, 1.82) is 0 Å². The van der Waals surface area contributed by atoms with Gasteiger partial charge in [-0.1, -0.05) is 6.08 Å². The first kappa shape index (κ1) is 11.3. The fourth-order valence-corrected chi connectivity index (χ4v) is 1.38. The molecule has 0 aliphatic rings. The van der Waals surface area contributed by atoms with E-state index in [2.05, 4.69) is 6.58 Å². The van der Waals surface area contributed by atoms with Crippen molar-refractivity contribution in [3.63, 3.8) is 0 Å². The van der Waals surface area contributed by atoms with Crippen LogP contribution in [0.1, 0.15) is 22.8 Å². The van der Waals surface area contributed by atoms with E-state index in [1.807, 2.05) is 0 Å². The van der Waals surface area contributed by atoms with Crippen molar-refractivity contribution >= 4 is 5.78 Å². The molecule has 0 aromatic heterocycles. The van der Waals surface area contributed by atoms with E-state index in [1.54, 1.807) is 12.1 Å². The maximum Gasteiger partial charge on any atom is 0.163 e. The molecular weight excluding hydrogens is 192 g/mol. The highest BCUT2D eigenvalue weighted by atomic mass is 16.5. The molecule has 0 saturated heterocycles. The third kappa shape index (κ3) is 2.37. The lowest BCUT2D eigenvalue weighted by Gasteiger charge is -2.09. The number of carbonyl (C=O) groups excluding carboxylic acids is 1. The molecule has 0 amide bonds. The maximum absolute atomic E-state index is 11.3. The van der Waals surface area contributed by atoms with Crippen LogP contribution in [0.15, 0.2) is 24.8 Å². The first-order valence-electron chi connectivity index (χ1n) is 4.61. The summed E-state index contributed by atoms with van der Waals surface area (Å²) in [7, 11) is 1.47. The van der Waals surface area contributed by atoms with Crippen LogP contribution in [0.5, 0.6) is 11.5 Å². The Morgan fingerprint density at radius 1 is 1.60 bits per heavy atom. The molecule has 0 bridgehead atoms. The number of allylic oxidation sites excluding steroid dienone is 1. The molecule has 0 aliphatic carbocycles. The Kier molecular flexibility index (Phi) is 3.50. The average Bonchev–Trinajstić information content (AvgIpc) is 2.20. The van der Waals surface area contributed by atoms with E-state index >= 15 is 0 Å². The van der Waals surface area contributed by atoms with E-state index in [1.165, 1.54) is 20.1 Å². The molecule has 1 N–H and O–H groups in total. The Labute approximate surface area is 89.0 Å². The molecular formula is C12H14O3. The van der Waals surface area contributed by atoms with Gasteiger partial charge in [-0.15, -0.1) is 6.58 Å².